The lowest BCUT2D eigenvalue weighted by molar-refractivity contribution is -0.137. The van der Waals surface area contributed by atoms with Gasteiger partial charge >= 0.3 is 0 Å². The van der Waals surface area contributed by atoms with Gasteiger partial charge in [0.25, 0.3) is 11.8 Å². The van der Waals surface area contributed by atoms with Crippen molar-refractivity contribution in [3.05, 3.63) is 64.8 Å². The number of rotatable bonds is 7. The molecule has 0 radical (unpaired) electrons. The number of imide groups is 1. The van der Waals surface area contributed by atoms with Crippen LogP contribution in [0.25, 0.3) is 5.57 Å². The third kappa shape index (κ3) is 4.19. The van der Waals surface area contributed by atoms with Gasteiger partial charge < -0.3 is 14.5 Å². The van der Waals surface area contributed by atoms with E-state index in [2.05, 4.69) is 16.7 Å². The van der Waals surface area contributed by atoms with Gasteiger partial charge in [0.15, 0.2) is 0 Å². The van der Waals surface area contributed by atoms with Crippen LogP contribution >= 0.6 is 11.6 Å². The van der Waals surface area contributed by atoms with Crippen LogP contribution in [0.3, 0.4) is 0 Å². The number of hydrogen-bond donors (Lipinski definition) is 0. The fraction of sp³-hybridized carbons (Fsp3) is 0.360. The molecule has 2 aromatic carbocycles. The molecule has 0 bridgehead atoms. The predicted octanol–water partition coefficient (Wildman–Crippen LogP) is 4.05. The molecule has 2 aromatic rings. The van der Waals surface area contributed by atoms with Gasteiger partial charge in [-0.15, -0.1) is 0 Å². The quantitative estimate of drug-likeness (QED) is 0.592. The van der Waals surface area contributed by atoms with Crippen LogP contribution in [0, 0.1) is 0 Å². The Morgan fingerprint density at radius 1 is 0.906 bits per heavy atom. The zero-order chi connectivity index (χ0) is 22.7. The van der Waals surface area contributed by atoms with Crippen molar-refractivity contribution in [1.29, 1.82) is 0 Å². The van der Waals surface area contributed by atoms with Crippen molar-refractivity contribution in [2.75, 3.05) is 44.7 Å². The molecule has 2 heterocycles. The Kier molecular flexibility index (Phi) is 6.70. The highest BCUT2D eigenvalue weighted by molar-refractivity contribution is 6.36. The Balaban J connectivity index is 1.62. The first-order valence-electron chi connectivity index (χ1n) is 11.0. The molecule has 2 aliphatic heterocycles. The summed E-state index contributed by atoms with van der Waals surface area (Å²) >= 11 is 6.06. The van der Waals surface area contributed by atoms with E-state index in [1.807, 2.05) is 36.4 Å². The number of methoxy groups -OCH3 is 1. The molecule has 0 unspecified atom stereocenters. The van der Waals surface area contributed by atoms with E-state index >= 15 is 0 Å². The number of benzene rings is 2. The molecule has 4 rings (SSSR count). The lowest BCUT2D eigenvalue weighted by Gasteiger charge is -2.38. The van der Waals surface area contributed by atoms with E-state index in [1.165, 1.54) is 4.90 Å². The summed E-state index contributed by atoms with van der Waals surface area (Å²) in [6.45, 7) is 5.24. The summed E-state index contributed by atoms with van der Waals surface area (Å²) in [7, 11) is 1.67. The standard InChI is InChI=1S/C25H28ClN3O3/c1-3-4-13-29-24(30)22(18-9-11-19(26)12-10-18)23(25(29)31)28-16-14-27(15-17-28)20-7-5-6-8-21(20)32-2/h5-12H,3-4,13-17H2,1-2H3. The lowest BCUT2D eigenvalue weighted by Crippen LogP contribution is -2.47. The molecular weight excluding hydrogens is 426 g/mol. The minimum atomic E-state index is -0.215. The largest absolute Gasteiger partial charge is 0.495 e. The van der Waals surface area contributed by atoms with Gasteiger partial charge in [-0.05, 0) is 36.2 Å². The molecule has 0 atom stereocenters. The van der Waals surface area contributed by atoms with Crippen LogP contribution in [-0.2, 0) is 9.59 Å². The molecule has 0 saturated carbocycles. The van der Waals surface area contributed by atoms with Crippen LogP contribution in [0.15, 0.2) is 54.2 Å². The number of carbonyl (C=O) groups is 2. The maximum absolute atomic E-state index is 13.4. The zero-order valence-electron chi connectivity index (χ0n) is 18.5. The Morgan fingerprint density at radius 2 is 1.56 bits per heavy atom. The number of piperazine rings is 1. The van der Waals surface area contributed by atoms with E-state index < -0.39 is 0 Å². The van der Waals surface area contributed by atoms with Gasteiger partial charge in [-0.25, -0.2) is 0 Å². The number of para-hydroxylation sites is 2. The van der Waals surface area contributed by atoms with E-state index in [1.54, 1.807) is 19.2 Å². The Labute approximate surface area is 194 Å². The van der Waals surface area contributed by atoms with Crippen LogP contribution < -0.4 is 9.64 Å². The van der Waals surface area contributed by atoms with Crippen molar-refractivity contribution < 1.29 is 14.3 Å². The van der Waals surface area contributed by atoms with Gasteiger partial charge in [0.05, 0.1) is 18.4 Å². The molecule has 32 heavy (non-hydrogen) atoms. The molecule has 0 N–H and O–H groups in total. The van der Waals surface area contributed by atoms with E-state index in [-0.39, 0.29) is 11.8 Å². The molecule has 0 spiro atoms. The van der Waals surface area contributed by atoms with Gasteiger partial charge in [0, 0.05) is 37.7 Å². The van der Waals surface area contributed by atoms with Gasteiger partial charge in [-0.3, -0.25) is 14.5 Å². The third-order valence-electron chi connectivity index (χ3n) is 6.03. The Morgan fingerprint density at radius 3 is 2.22 bits per heavy atom. The summed E-state index contributed by atoms with van der Waals surface area (Å²) in [6, 6.07) is 15.1. The SMILES string of the molecule is CCCCN1C(=O)C(c2ccc(Cl)cc2)=C(N2CCN(c3ccccc3OC)CC2)C1=O. The van der Waals surface area contributed by atoms with Crippen molar-refractivity contribution >= 4 is 34.7 Å². The number of nitrogens with zero attached hydrogens (tertiary/aromatic N) is 3. The summed E-state index contributed by atoms with van der Waals surface area (Å²) in [5.74, 6) is 0.423. The van der Waals surface area contributed by atoms with Crippen LogP contribution in [0.5, 0.6) is 5.75 Å². The molecule has 7 heteroatoms. The van der Waals surface area contributed by atoms with Gasteiger partial charge in [-0.2, -0.15) is 0 Å². The summed E-state index contributed by atoms with van der Waals surface area (Å²) in [6.07, 6.45) is 1.71. The second-order valence-electron chi connectivity index (χ2n) is 7.99. The highest BCUT2D eigenvalue weighted by Crippen LogP contribution is 2.34. The lowest BCUT2D eigenvalue weighted by atomic mass is 10.0. The van der Waals surface area contributed by atoms with Crippen molar-refractivity contribution in [1.82, 2.24) is 9.80 Å². The second-order valence-corrected chi connectivity index (χ2v) is 8.43. The van der Waals surface area contributed by atoms with Crippen LogP contribution in [-0.4, -0.2) is 61.4 Å². The average molecular weight is 454 g/mol. The first-order valence-corrected chi connectivity index (χ1v) is 11.4. The number of anilines is 1. The minimum Gasteiger partial charge on any atom is -0.495 e. The number of hydrogen-bond acceptors (Lipinski definition) is 5. The maximum Gasteiger partial charge on any atom is 0.277 e. The summed E-state index contributed by atoms with van der Waals surface area (Å²) in [5, 5.41) is 0.598. The highest BCUT2D eigenvalue weighted by atomic mass is 35.5. The zero-order valence-corrected chi connectivity index (χ0v) is 19.3. The normalized spacial score (nSPS) is 16.9. The minimum absolute atomic E-state index is 0.195. The molecular formula is C25H28ClN3O3. The maximum atomic E-state index is 13.4. The Hall–Kier alpha value is -2.99. The van der Waals surface area contributed by atoms with Gasteiger partial charge in [0.2, 0.25) is 0 Å². The predicted molar refractivity (Wildman–Crippen MR) is 127 cm³/mol. The molecule has 2 aliphatic rings. The van der Waals surface area contributed by atoms with Crippen molar-refractivity contribution in [3.8, 4) is 5.75 Å². The second kappa shape index (κ2) is 9.65. The summed E-state index contributed by atoms with van der Waals surface area (Å²) < 4.78 is 5.51. The fourth-order valence-corrected chi connectivity index (χ4v) is 4.44. The number of ether oxygens (including phenoxy) is 1. The molecule has 168 valence electrons. The molecule has 6 nitrogen and oxygen atoms in total. The molecule has 1 saturated heterocycles. The first kappa shape index (κ1) is 22.2. The van der Waals surface area contributed by atoms with Crippen LogP contribution in [0.1, 0.15) is 25.3 Å². The topological polar surface area (TPSA) is 53.1 Å². The molecule has 0 aromatic heterocycles. The van der Waals surface area contributed by atoms with Gasteiger partial charge in [0.1, 0.15) is 11.4 Å². The van der Waals surface area contributed by atoms with E-state index in [0.717, 1.165) is 42.9 Å². The van der Waals surface area contributed by atoms with Crippen LogP contribution in [0.2, 0.25) is 5.02 Å². The Bertz CT molecular complexity index is 1030. The molecule has 2 amide bonds. The summed E-state index contributed by atoms with van der Waals surface area (Å²) in [4.78, 5) is 32.4. The van der Waals surface area contributed by atoms with Crippen molar-refractivity contribution in [3.63, 3.8) is 0 Å². The first-order chi connectivity index (χ1) is 15.5. The van der Waals surface area contributed by atoms with E-state index in [0.29, 0.717) is 35.9 Å². The van der Waals surface area contributed by atoms with E-state index in [9.17, 15) is 9.59 Å². The monoisotopic (exact) mass is 453 g/mol. The number of carbonyl (C=O) groups excluding carboxylic acids is 2. The smallest absolute Gasteiger partial charge is 0.277 e. The average Bonchev–Trinajstić information content (AvgIpc) is 3.07. The van der Waals surface area contributed by atoms with Gasteiger partial charge in [-0.1, -0.05) is 49.2 Å². The fourth-order valence-electron chi connectivity index (χ4n) is 4.31. The highest BCUT2D eigenvalue weighted by Gasteiger charge is 2.41. The number of amides is 2. The molecule has 0 aliphatic carbocycles. The molecule has 1 fully saturated rings. The number of unbranched alkanes of at least 4 members (excludes halogenated alkanes) is 1. The van der Waals surface area contributed by atoms with Crippen molar-refractivity contribution in [2.45, 2.75) is 19.8 Å². The van der Waals surface area contributed by atoms with Crippen molar-refractivity contribution in [2.24, 2.45) is 0 Å². The third-order valence-corrected chi connectivity index (χ3v) is 6.29. The number of halogens is 1. The van der Waals surface area contributed by atoms with Crippen LogP contribution in [0.4, 0.5) is 5.69 Å². The summed E-state index contributed by atoms with van der Waals surface area (Å²) in [5.41, 5.74) is 2.76. The van der Waals surface area contributed by atoms with E-state index in [4.69, 9.17) is 16.3 Å².